The molecule has 0 N–H and O–H groups in total. The van der Waals surface area contributed by atoms with E-state index >= 15 is 0 Å². The molecule has 0 aromatic heterocycles. The Hall–Kier alpha value is -2.76. The van der Waals surface area contributed by atoms with Crippen molar-refractivity contribution in [3.8, 4) is 0 Å². The first-order valence-electron chi connectivity index (χ1n) is 10.5. The SMILES string of the molecule is CN=C(SC1C(c2cc([N+](=O)[O-])cc(F)c2F)[C@@H]1C)N(C(=O)OC(C)(C)C)C(=O)OC(C)(C)C. The van der Waals surface area contributed by atoms with Crippen LogP contribution < -0.4 is 0 Å². The molecule has 9 nitrogen and oxygen atoms in total. The van der Waals surface area contributed by atoms with Crippen molar-refractivity contribution < 1.29 is 32.8 Å². The van der Waals surface area contributed by atoms with Crippen molar-refractivity contribution in [3.05, 3.63) is 39.4 Å². The van der Waals surface area contributed by atoms with E-state index in [1.807, 2.05) is 0 Å². The molecule has 2 rings (SSSR count). The minimum Gasteiger partial charge on any atom is -0.443 e. The van der Waals surface area contributed by atoms with E-state index in [0.717, 1.165) is 17.8 Å². The van der Waals surface area contributed by atoms with Crippen LogP contribution in [0.5, 0.6) is 0 Å². The Morgan fingerprint density at radius 2 is 1.59 bits per heavy atom. The number of hydrogen-bond donors (Lipinski definition) is 0. The zero-order chi connectivity index (χ0) is 26.2. The lowest BCUT2D eigenvalue weighted by atomic mass is 10.1. The number of carbonyl (C=O) groups is 2. The summed E-state index contributed by atoms with van der Waals surface area (Å²) >= 11 is 0.983. The Labute approximate surface area is 201 Å². The van der Waals surface area contributed by atoms with Gasteiger partial charge in [-0.1, -0.05) is 18.7 Å². The maximum absolute atomic E-state index is 14.5. The second-order valence-corrected chi connectivity index (χ2v) is 11.0. The largest absolute Gasteiger partial charge is 0.443 e. The maximum Gasteiger partial charge on any atom is 0.426 e. The van der Waals surface area contributed by atoms with Crippen LogP contribution in [0.1, 0.15) is 59.9 Å². The van der Waals surface area contributed by atoms with Gasteiger partial charge < -0.3 is 9.47 Å². The molecule has 1 saturated carbocycles. The van der Waals surface area contributed by atoms with Crippen LogP contribution >= 0.6 is 11.8 Å². The quantitative estimate of drug-likeness (QED) is 0.220. The van der Waals surface area contributed by atoms with Crippen LogP contribution in [0, 0.1) is 27.7 Å². The first-order chi connectivity index (χ1) is 15.5. The Balaban J connectivity index is 2.36. The van der Waals surface area contributed by atoms with Crippen molar-refractivity contribution in [1.82, 2.24) is 4.90 Å². The van der Waals surface area contributed by atoms with Crippen molar-refractivity contribution in [2.24, 2.45) is 10.9 Å². The average Bonchev–Trinajstić information content (AvgIpc) is 3.28. The third-order valence-corrected chi connectivity index (χ3v) is 6.26. The molecule has 0 spiro atoms. The zero-order valence-corrected chi connectivity index (χ0v) is 21.2. The van der Waals surface area contributed by atoms with E-state index in [-0.39, 0.29) is 16.6 Å². The number of benzene rings is 1. The molecule has 0 radical (unpaired) electrons. The van der Waals surface area contributed by atoms with Gasteiger partial charge in [0.25, 0.3) is 5.69 Å². The van der Waals surface area contributed by atoms with E-state index in [9.17, 15) is 28.5 Å². The summed E-state index contributed by atoms with van der Waals surface area (Å²) in [4.78, 5) is 40.7. The van der Waals surface area contributed by atoms with Gasteiger partial charge in [-0.3, -0.25) is 15.1 Å². The highest BCUT2D eigenvalue weighted by Crippen LogP contribution is 2.56. The van der Waals surface area contributed by atoms with E-state index in [0.29, 0.717) is 11.0 Å². The lowest BCUT2D eigenvalue weighted by Crippen LogP contribution is -2.46. The molecule has 3 atom stereocenters. The van der Waals surface area contributed by atoms with Crippen LogP contribution in [0.3, 0.4) is 0 Å². The molecule has 188 valence electrons. The van der Waals surface area contributed by atoms with Crippen molar-refractivity contribution in [2.45, 2.75) is 70.8 Å². The molecule has 0 aliphatic heterocycles. The number of thioether (sulfide) groups is 1. The first kappa shape index (κ1) is 27.5. The number of aliphatic imine (C=N–C) groups is 1. The summed E-state index contributed by atoms with van der Waals surface area (Å²) in [6.45, 7) is 11.5. The topological polar surface area (TPSA) is 111 Å². The minimum absolute atomic E-state index is 0.0610. The van der Waals surface area contributed by atoms with Gasteiger partial charge in [0.2, 0.25) is 0 Å². The number of rotatable bonds is 3. The first-order valence-corrected chi connectivity index (χ1v) is 11.4. The summed E-state index contributed by atoms with van der Waals surface area (Å²) in [5.74, 6) is -3.34. The monoisotopic (exact) mass is 501 g/mol. The van der Waals surface area contributed by atoms with Gasteiger partial charge in [-0.25, -0.2) is 18.4 Å². The molecule has 1 aromatic carbocycles. The molecule has 0 heterocycles. The molecule has 2 amide bonds. The summed E-state index contributed by atoms with van der Waals surface area (Å²) in [5.41, 5.74) is -2.54. The minimum atomic E-state index is -1.32. The van der Waals surface area contributed by atoms with Crippen LogP contribution in [0.15, 0.2) is 17.1 Å². The number of nitro groups is 1. The highest BCUT2D eigenvalue weighted by molar-refractivity contribution is 8.14. The number of amides is 2. The van der Waals surface area contributed by atoms with Crippen molar-refractivity contribution in [3.63, 3.8) is 0 Å². The second kappa shape index (κ2) is 9.85. The Morgan fingerprint density at radius 1 is 1.09 bits per heavy atom. The van der Waals surface area contributed by atoms with E-state index in [4.69, 9.17) is 9.47 Å². The predicted molar refractivity (Wildman–Crippen MR) is 124 cm³/mol. The molecule has 1 aliphatic rings. The van der Waals surface area contributed by atoms with Gasteiger partial charge >= 0.3 is 12.2 Å². The molecular formula is C22H29F2N3O6S. The Kier molecular flexibility index (Phi) is 7.96. The van der Waals surface area contributed by atoms with E-state index in [1.165, 1.54) is 7.05 Å². The number of nitrogens with zero attached hydrogens (tertiary/aromatic N) is 3. The van der Waals surface area contributed by atoms with Crippen LogP contribution in [-0.2, 0) is 9.47 Å². The van der Waals surface area contributed by atoms with Gasteiger partial charge in [-0.15, -0.1) is 0 Å². The fourth-order valence-electron chi connectivity index (χ4n) is 3.18. The summed E-state index contributed by atoms with van der Waals surface area (Å²) in [5, 5.41) is 10.6. The molecule has 2 unspecified atom stereocenters. The lowest BCUT2D eigenvalue weighted by molar-refractivity contribution is -0.385. The molecule has 1 aliphatic carbocycles. The molecule has 1 aromatic rings. The van der Waals surface area contributed by atoms with E-state index in [1.54, 1.807) is 48.5 Å². The number of halogens is 2. The predicted octanol–water partition coefficient (Wildman–Crippen LogP) is 5.87. The fourth-order valence-corrected chi connectivity index (χ4v) is 4.62. The average molecular weight is 502 g/mol. The van der Waals surface area contributed by atoms with Crippen LogP contribution in [0.4, 0.5) is 24.1 Å². The fraction of sp³-hybridized carbons (Fsp3) is 0.591. The number of ether oxygens (including phenoxy) is 2. The van der Waals surface area contributed by atoms with Crippen molar-refractivity contribution >= 4 is 34.8 Å². The number of non-ortho nitro benzene ring substituents is 1. The van der Waals surface area contributed by atoms with Crippen LogP contribution in [0.25, 0.3) is 0 Å². The number of carbonyl (C=O) groups excluding carboxylic acids is 2. The third-order valence-electron chi connectivity index (χ3n) is 4.68. The van der Waals surface area contributed by atoms with Gasteiger partial charge in [0.15, 0.2) is 16.8 Å². The maximum atomic E-state index is 14.5. The highest BCUT2D eigenvalue weighted by Gasteiger charge is 2.52. The normalized spacial score (nSPS) is 20.5. The lowest BCUT2D eigenvalue weighted by Gasteiger charge is -2.28. The van der Waals surface area contributed by atoms with E-state index in [2.05, 4.69) is 4.99 Å². The van der Waals surface area contributed by atoms with Gasteiger partial charge in [0, 0.05) is 29.8 Å². The molecule has 34 heavy (non-hydrogen) atoms. The third kappa shape index (κ3) is 6.64. The molecular weight excluding hydrogens is 472 g/mol. The Morgan fingerprint density at radius 3 is 2.00 bits per heavy atom. The van der Waals surface area contributed by atoms with Crippen LogP contribution in [0.2, 0.25) is 0 Å². The summed E-state index contributed by atoms with van der Waals surface area (Å²) in [7, 11) is 1.36. The van der Waals surface area contributed by atoms with Gasteiger partial charge in [0.1, 0.15) is 11.2 Å². The standard InChI is InChI=1S/C22H29F2N3O6S/c1-11-15(13-9-12(27(30)31)10-14(23)16(13)24)17(11)34-18(25-8)26(19(28)32-21(2,3)4)20(29)33-22(5,6)7/h9-11,15,17H,1-8H3/t11-,15?,17?/m0/s1. The number of amidine groups is 1. The van der Waals surface area contributed by atoms with Gasteiger partial charge in [0.05, 0.1) is 11.0 Å². The highest BCUT2D eigenvalue weighted by atomic mass is 32.2. The summed E-state index contributed by atoms with van der Waals surface area (Å²) in [6, 6.07) is 1.53. The molecule has 0 bridgehead atoms. The zero-order valence-electron chi connectivity index (χ0n) is 20.3. The number of nitro benzene ring substituents is 1. The smallest absolute Gasteiger partial charge is 0.426 e. The van der Waals surface area contributed by atoms with Crippen molar-refractivity contribution in [2.75, 3.05) is 7.05 Å². The Bertz CT molecular complexity index is 991. The van der Waals surface area contributed by atoms with Crippen molar-refractivity contribution in [1.29, 1.82) is 0 Å². The molecule has 12 heteroatoms. The van der Waals surface area contributed by atoms with Gasteiger partial charge in [-0.05, 0) is 47.5 Å². The molecule has 0 saturated heterocycles. The summed E-state index contributed by atoms with van der Waals surface area (Å²) < 4.78 is 39.2. The molecule has 1 fully saturated rings. The number of imide groups is 1. The van der Waals surface area contributed by atoms with Crippen LogP contribution in [-0.4, -0.2) is 50.7 Å². The number of hydrogen-bond acceptors (Lipinski definition) is 8. The summed E-state index contributed by atoms with van der Waals surface area (Å²) in [6.07, 6.45) is -2.01. The second-order valence-electron chi connectivity index (χ2n) is 9.86. The van der Waals surface area contributed by atoms with E-state index < -0.39 is 56.8 Å². The van der Waals surface area contributed by atoms with Gasteiger partial charge in [-0.2, -0.15) is 4.90 Å².